The fourth-order valence-corrected chi connectivity index (χ4v) is 6.36. The second-order valence-electron chi connectivity index (χ2n) is 11.6. The van der Waals surface area contributed by atoms with Gasteiger partial charge in [0.15, 0.2) is 0 Å². The number of benzene rings is 5. The van der Waals surface area contributed by atoms with Crippen LogP contribution in [0.4, 0.5) is 0 Å². The van der Waals surface area contributed by atoms with Crippen LogP contribution in [-0.4, -0.2) is 19.9 Å². The minimum Gasteiger partial charge on any atom is -0.253 e. The van der Waals surface area contributed by atoms with Crippen LogP contribution in [-0.2, 0) is 0 Å². The highest BCUT2D eigenvalue weighted by Gasteiger charge is 2.11. The lowest BCUT2D eigenvalue weighted by molar-refractivity contribution is 1.37. The standard InChI is InChI=1S/C42H26N4/c1-3-8-27(9-4-1)35-19-31-14-16-33-21-37(25-45-41(33)39(31)43-23-35)29-12-7-13-30(18-29)38-22-34-17-15-32-20-36(28-10-5-2-6-11-28)24-44-40(32)42(34)46-26-38/h1-26H. The van der Waals surface area contributed by atoms with Gasteiger partial charge in [-0.3, -0.25) is 19.9 Å². The Bertz CT molecular complexity index is 2400. The lowest BCUT2D eigenvalue weighted by Gasteiger charge is -2.10. The van der Waals surface area contributed by atoms with E-state index in [1.165, 1.54) is 0 Å². The van der Waals surface area contributed by atoms with Crippen molar-refractivity contribution < 1.29 is 0 Å². The molecular formula is C42H26N4. The Morgan fingerprint density at radius 1 is 0.239 bits per heavy atom. The number of aromatic nitrogens is 4. The van der Waals surface area contributed by atoms with Gasteiger partial charge in [-0.25, -0.2) is 0 Å². The smallest absolute Gasteiger partial charge is 0.0965 e. The number of pyridine rings is 4. The number of fused-ring (bicyclic) bond motifs is 6. The van der Waals surface area contributed by atoms with E-state index < -0.39 is 0 Å². The first-order valence-electron chi connectivity index (χ1n) is 15.4. The molecule has 4 aromatic heterocycles. The van der Waals surface area contributed by atoms with E-state index in [9.17, 15) is 0 Å². The Hall–Kier alpha value is -6.26. The predicted octanol–water partition coefficient (Wildman–Crippen LogP) is 10.5. The van der Waals surface area contributed by atoms with E-state index in [1.807, 2.05) is 36.9 Å². The molecule has 0 radical (unpaired) electrons. The molecule has 0 saturated heterocycles. The highest BCUT2D eigenvalue weighted by atomic mass is 14.7. The Labute approximate surface area is 265 Å². The minimum absolute atomic E-state index is 0.910. The van der Waals surface area contributed by atoms with Gasteiger partial charge >= 0.3 is 0 Å². The molecular weight excluding hydrogens is 560 g/mol. The van der Waals surface area contributed by atoms with Crippen molar-refractivity contribution in [1.29, 1.82) is 0 Å². The summed E-state index contributed by atoms with van der Waals surface area (Å²) in [6.07, 6.45) is 7.78. The van der Waals surface area contributed by atoms with Crippen molar-refractivity contribution in [3.63, 3.8) is 0 Å². The molecule has 5 aromatic carbocycles. The number of hydrogen-bond acceptors (Lipinski definition) is 4. The zero-order valence-electron chi connectivity index (χ0n) is 24.8. The lowest BCUT2D eigenvalue weighted by atomic mass is 9.98. The van der Waals surface area contributed by atoms with Gasteiger partial charge in [-0.05, 0) is 52.6 Å². The third-order valence-corrected chi connectivity index (χ3v) is 8.75. The first-order chi connectivity index (χ1) is 22.8. The second-order valence-corrected chi connectivity index (χ2v) is 11.6. The van der Waals surface area contributed by atoms with E-state index in [2.05, 4.69) is 121 Å². The number of nitrogens with zero attached hydrogens (tertiary/aromatic N) is 4. The third-order valence-electron chi connectivity index (χ3n) is 8.75. The summed E-state index contributed by atoms with van der Waals surface area (Å²) in [5, 5.41) is 4.30. The van der Waals surface area contributed by atoms with Crippen LogP contribution in [0.5, 0.6) is 0 Å². The van der Waals surface area contributed by atoms with Gasteiger partial charge in [0, 0.05) is 68.6 Å². The van der Waals surface area contributed by atoms with Crippen LogP contribution in [0.1, 0.15) is 0 Å². The van der Waals surface area contributed by atoms with Gasteiger partial charge in [-0.15, -0.1) is 0 Å². The van der Waals surface area contributed by atoms with Gasteiger partial charge in [0.05, 0.1) is 22.1 Å². The van der Waals surface area contributed by atoms with Crippen molar-refractivity contribution in [2.75, 3.05) is 0 Å². The highest BCUT2D eigenvalue weighted by molar-refractivity contribution is 6.06. The van der Waals surface area contributed by atoms with Crippen LogP contribution >= 0.6 is 0 Å². The normalized spacial score (nSPS) is 11.5. The van der Waals surface area contributed by atoms with Crippen LogP contribution in [0.15, 0.2) is 158 Å². The van der Waals surface area contributed by atoms with Gasteiger partial charge in [0.25, 0.3) is 0 Å². The van der Waals surface area contributed by atoms with E-state index in [-0.39, 0.29) is 0 Å². The molecule has 0 aliphatic heterocycles. The second kappa shape index (κ2) is 10.7. The molecule has 9 aromatic rings. The molecule has 0 unspecified atom stereocenters. The summed E-state index contributed by atoms with van der Waals surface area (Å²) in [4.78, 5) is 19.5. The third kappa shape index (κ3) is 4.56. The fourth-order valence-electron chi connectivity index (χ4n) is 6.36. The highest BCUT2D eigenvalue weighted by Crippen LogP contribution is 2.33. The first-order valence-corrected chi connectivity index (χ1v) is 15.4. The molecule has 0 N–H and O–H groups in total. The van der Waals surface area contributed by atoms with Gasteiger partial charge in [-0.2, -0.15) is 0 Å². The quantitative estimate of drug-likeness (QED) is 0.193. The lowest BCUT2D eigenvalue weighted by Crippen LogP contribution is -1.90. The van der Waals surface area contributed by atoms with Gasteiger partial charge in [0.2, 0.25) is 0 Å². The first kappa shape index (κ1) is 26.2. The molecule has 0 aliphatic rings. The van der Waals surface area contributed by atoms with E-state index in [0.29, 0.717) is 0 Å². The minimum atomic E-state index is 0.910. The van der Waals surface area contributed by atoms with Crippen molar-refractivity contribution in [1.82, 2.24) is 19.9 Å². The van der Waals surface area contributed by atoms with Crippen LogP contribution in [0, 0.1) is 0 Å². The van der Waals surface area contributed by atoms with Gasteiger partial charge < -0.3 is 0 Å². The molecule has 0 fully saturated rings. The molecule has 4 heteroatoms. The van der Waals surface area contributed by atoms with Gasteiger partial charge in [0.1, 0.15) is 0 Å². The van der Waals surface area contributed by atoms with Crippen molar-refractivity contribution in [3.05, 3.63) is 158 Å². The molecule has 0 bridgehead atoms. The summed E-state index contributed by atoms with van der Waals surface area (Å²) < 4.78 is 0. The molecule has 0 atom stereocenters. The van der Waals surface area contributed by atoms with Gasteiger partial charge in [-0.1, -0.05) is 103 Å². The van der Waals surface area contributed by atoms with E-state index in [4.69, 9.17) is 19.9 Å². The molecule has 4 heterocycles. The molecule has 0 saturated carbocycles. The Balaban J connectivity index is 1.05. The van der Waals surface area contributed by atoms with E-state index >= 15 is 0 Å². The zero-order chi connectivity index (χ0) is 30.5. The Kier molecular flexibility index (Phi) is 6.10. The van der Waals surface area contributed by atoms with Crippen LogP contribution < -0.4 is 0 Å². The number of rotatable bonds is 4. The maximum absolute atomic E-state index is 4.90. The van der Waals surface area contributed by atoms with Crippen molar-refractivity contribution in [2.45, 2.75) is 0 Å². The zero-order valence-corrected chi connectivity index (χ0v) is 24.8. The van der Waals surface area contributed by atoms with Crippen LogP contribution in [0.2, 0.25) is 0 Å². The summed E-state index contributed by atoms with van der Waals surface area (Å²) in [5.74, 6) is 0. The summed E-state index contributed by atoms with van der Waals surface area (Å²) >= 11 is 0. The molecule has 4 nitrogen and oxygen atoms in total. The summed E-state index contributed by atoms with van der Waals surface area (Å²) in [5.41, 5.74) is 12.5. The predicted molar refractivity (Wildman–Crippen MR) is 189 cm³/mol. The molecule has 0 amide bonds. The monoisotopic (exact) mass is 586 g/mol. The molecule has 46 heavy (non-hydrogen) atoms. The largest absolute Gasteiger partial charge is 0.253 e. The maximum Gasteiger partial charge on any atom is 0.0965 e. The average molecular weight is 587 g/mol. The molecule has 9 rings (SSSR count). The SMILES string of the molecule is c1ccc(-c2cnc3c(ccc4cc(-c5cccc(-c6cnc7c(ccc8cc(-c9ccccc9)cnc87)c6)c5)cnc43)c2)cc1. The maximum atomic E-state index is 4.90. The van der Waals surface area contributed by atoms with E-state index in [0.717, 1.165) is 88.1 Å². The topological polar surface area (TPSA) is 51.6 Å². The molecule has 0 aliphatic carbocycles. The number of hydrogen-bond donors (Lipinski definition) is 0. The van der Waals surface area contributed by atoms with Crippen molar-refractivity contribution in [2.24, 2.45) is 0 Å². The van der Waals surface area contributed by atoms with Crippen molar-refractivity contribution >= 4 is 43.6 Å². The summed E-state index contributed by atoms with van der Waals surface area (Å²) in [6, 6.07) is 46.6. The van der Waals surface area contributed by atoms with Crippen LogP contribution in [0.25, 0.3) is 88.1 Å². The Morgan fingerprint density at radius 3 is 0.891 bits per heavy atom. The summed E-state index contributed by atoms with van der Waals surface area (Å²) in [7, 11) is 0. The Morgan fingerprint density at radius 2 is 0.543 bits per heavy atom. The van der Waals surface area contributed by atoms with Crippen molar-refractivity contribution in [3.8, 4) is 44.5 Å². The van der Waals surface area contributed by atoms with E-state index in [1.54, 1.807) is 0 Å². The summed E-state index contributed by atoms with van der Waals surface area (Å²) in [6.45, 7) is 0. The molecule has 214 valence electrons. The van der Waals surface area contributed by atoms with Crippen LogP contribution in [0.3, 0.4) is 0 Å². The average Bonchev–Trinajstić information content (AvgIpc) is 3.14. The fraction of sp³-hybridized carbons (Fsp3) is 0. The molecule has 0 spiro atoms.